The highest BCUT2D eigenvalue weighted by atomic mass is 32.2. The number of carbonyl (C=O) groups excluding carboxylic acids is 2. The van der Waals surface area contributed by atoms with Gasteiger partial charge in [-0.15, -0.1) is 0 Å². The number of hydrogen-bond donors (Lipinski definition) is 0. The average Bonchev–Trinajstić information content (AvgIpc) is 3.13. The third kappa shape index (κ3) is 3.63. The van der Waals surface area contributed by atoms with Crippen molar-refractivity contribution in [2.24, 2.45) is 0 Å². The maximum atomic E-state index is 13.3. The first-order chi connectivity index (χ1) is 14.0. The monoisotopic (exact) mass is 409 g/mol. The Labute approximate surface area is 171 Å². The van der Waals surface area contributed by atoms with E-state index in [-0.39, 0.29) is 30.4 Å². The first-order valence-electron chi connectivity index (χ1n) is 9.15. The van der Waals surface area contributed by atoms with Gasteiger partial charge in [0.15, 0.2) is 5.16 Å². The van der Waals surface area contributed by atoms with Crippen LogP contribution in [0.25, 0.3) is 16.6 Å². The van der Waals surface area contributed by atoms with Crippen LogP contribution in [-0.4, -0.2) is 45.4 Å². The van der Waals surface area contributed by atoms with Gasteiger partial charge in [-0.05, 0) is 37.6 Å². The van der Waals surface area contributed by atoms with E-state index in [9.17, 15) is 14.4 Å². The maximum Gasteiger partial charge on any atom is 0.416 e. The SMILES string of the molecule is Cc1ccc(-n2c(SCC(=O)N3CCOC3=O)nc3ccccc3c2=O)c(C)c1. The second-order valence-electron chi connectivity index (χ2n) is 6.79. The Bertz CT molecular complexity index is 1190. The number of imide groups is 1. The van der Waals surface area contributed by atoms with E-state index >= 15 is 0 Å². The molecule has 7 nitrogen and oxygen atoms in total. The molecule has 0 N–H and O–H groups in total. The maximum absolute atomic E-state index is 13.3. The summed E-state index contributed by atoms with van der Waals surface area (Å²) in [5.74, 6) is -0.391. The van der Waals surface area contributed by atoms with E-state index in [1.165, 1.54) is 4.57 Å². The van der Waals surface area contributed by atoms with E-state index < -0.39 is 6.09 Å². The van der Waals surface area contributed by atoms with E-state index in [1.807, 2.05) is 38.1 Å². The zero-order valence-corrected chi connectivity index (χ0v) is 16.9. The van der Waals surface area contributed by atoms with Crippen molar-refractivity contribution in [3.8, 4) is 5.69 Å². The standard InChI is InChI=1S/C21H19N3O4S/c1-13-7-8-17(14(2)11-13)24-19(26)15-5-3-4-6-16(15)22-20(24)29-12-18(25)23-9-10-28-21(23)27/h3-8,11H,9-10,12H2,1-2H3. The molecule has 1 aromatic heterocycles. The van der Waals surface area contributed by atoms with Crippen molar-refractivity contribution in [3.05, 3.63) is 63.9 Å². The van der Waals surface area contributed by atoms with Crippen molar-refractivity contribution in [2.45, 2.75) is 19.0 Å². The number of aromatic nitrogens is 2. The van der Waals surface area contributed by atoms with Gasteiger partial charge in [-0.1, -0.05) is 41.6 Å². The second kappa shape index (κ2) is 7.71. The summed E-state index contributed by atoms with van der Waals surface area (Å²) in [4.78, 5) is 43.0. The molecule has 1 aliphatic rings. The molecule has 0 unspecified atom stereocenters. The smallest absolute Gasteiger partial charge is 0.416 e. The number of carbonyl (C=O) groups is 2. The minimum atomic E-state index is -0.631. The highest BCUT2D eigenvalue weighted by Gasteiger charge is 2.28. The molecule has 2 amide bonds. The molecular formula is C21H19N3O4S. The molecular weight excluding hydrogens is 390 g/mol. The van der Waals surface area contributed by atoms with Crippen LogP contribution in [0.1, 0.15) is 11.1 Å². The van der Waals surface area contributed by atoms with Crippen molar-refractivity contribution < 1.29 is 14.3 Å². The summed E-state index contributed by atoms with van der Waals surface area (Å²) in [6.07, 6.45) is -0.631. The number of ether oxygens (including phenoxy) is 1. The molecule has 0 atom stereocenters. The number of cyclic esters (lactones) is 1. The van der Waals surface area contributed by atoms with E-state index in [2.05, 4.69) is 4.98 Å². The lowest BCUT2D eigenvalue weighted by Gasteiger charge is -2.16. The fourth-order valence-electron chi connectivity index (χ4n) is 3.30. The lowest BCUT2D eigenvalue weighted by Crippen LogP contribution is -2.33. The first kappa shape index (κ1) is 19.2. The molecule has 29 heavy (non-hydrogen) atoms. The number of hydrogen-bond acceptors (Lipinski definition) is 6. The van der Waals surface area contributed by atoms with Gasteiger partial charge >= 0.3 is 6.09 Å². The fraction of sp³-hybridized carbons (Fsp3) is 0.238. The summed E-state index contributed by atoms with van der Waals surface area (Å²) < 4.78 is 6.36. The summed E-state index contributed by atoms with van der Waals surface area (Å²) in [7, 11) is 0. The van der Waals surface area contributed by atoms with Crippen molar-refractivity contribution in [1.82, 2.24) is 14.5 Å². The Hall–Kier alpha value is -3.13. The van der Waals surface area contributed by atoms with Gasteiger partial charge in [0.05, 0.1) is 28.9 Å². The predicted molar refractivity (Wildman–Crippen MR) is 111 cm³/mol. The van der Waals surface area contributed by atoms with E-state index in [0.717, 1.165) is 33.5 Å². The van der Waals surface area contributed by atoms with E-state index in [4.69, 9.17) is 4.74 Å². The van der Waals surface area contributed by atoms with Gasteiger partial charge in [0, 0.05) is 0 Å². The lowest BCUT2D eigenvalue weighted by molar-refractivity contribution is -0.125. The lowest BCUT2D eigenvalue weighted by atomic mass is 10.1. The van der Waals surface area contributed by atoms with Gasteiger partial charge in [-0.25, -0.2) is 14.7 Å². The Morgan fingerprint density at radius 3 is 2.69 bits per heavy atom. The molecule has 0 radical (unpaired) electrons. The third-order valence-corrected chi connectivity index (χ3v) is 5.65. The molecule has 1 fully saturated rings. The molecule has 148 valence electrons. The molecule has 2 aromatic carbocycles. The molecule has 0 spiro atoms. The van der Waals surface area contributed by atoms with Crippen LogP contribution >= 0.6 is 11.8 Å². The van der Waals surface area contributed by atoms with Crippen LogP contribution in [0.3, 0.4) is 0 Å². The van der Waals surface area contributed by atoms with Crippen LogP contribution in [0, 0.1) is 13.8 Å². The molecule has 3 aromatic rings. The molecule has 0 bridgehead atoms. The fourth-order valence-corrected chi connectivity index (χ4v) is 4.18. The van der Waals surface area contributed by atoms with Gasteiger partial charge in [0.25, 0.3) is 5.56 Å². The molecule has 0 saturated carbocycles. The normalized spacial score (nSPS) is 13.7. The number of nitrogens with zero attached hydrogens (tertiary/aromatic N) is 3. The number of benzene rings is 2. The Morgan fingerprint density at radius 2 is 1.97 bits per heavy atom. The van der Waals surface area contributed by atoms with Crippen LogP contribution in [0.2, 0.25) is 0 Å². The Kier molecular flexibility index (Phi) is 5.10. The third-order valence-electron chi connectivity index (χ3n) is 4.72. The summed E-state index contributed by atoms with van der Waals surface area (Å²) in [6, 6.07) is 12.9. The molecule has 4 rings (SSSR count). The van der Waals surface area contributed by atoms with Crippen molar-refractivity contribution in [1.29, 1.82) is 0 Å². The molecule has 1 saturated heterocycles. The van der Waals surface area contributed by atoms with Gasteiger partial charge in [-0.3, -0.25) is 14.2 Å². The summed E-state index contributed by atoms with van der Waals surface area (Å²) >= 11 is 1.13. The van der Waals surface area contributed by atoms with Crippen LogP contribution in [-0.2, 0) is 9.53 Å². The molecule has 1 aliphatic heterocycles. The number of rotatable bonds is 4. The van der Waals surface area contributed by atoms with Gasteiger partial charge < -0.3 is 4.74 Å². The Morgan fingerprint density at radius 1 is 1.17 bits per heavy atom. The van der Waals surface area contributed by atoms with E-state index in [1.54, 1.807) is 18.2 Å². The minimum absolute atomic E-state index is 0.0230. The van der Waals surface area contributed by atoms with Crippen molar-refractivity contribution in [2.75, 3.05) is 18.9 Å². The van der Waals surface area contributed by atoms with Crippen LogP contribution in [0.5, 0.6) is 0 Å². The predicted octanol–water partition coefficient (Wildman–Crippen LogP) is 3.07. The number of aryl methyl sites for hydroxylation is 2. The molecule has 0 aliphatic carbocycles. The quantitative estimate of drug-likeness (QED) is 0.487. The number of para-hydroxylation sites is 1. The van der Waals surface area contributed by atoms with Crippen molar-refractivity contribution in [3.63, 3.8) is 0 Å². The zero-order valence-electron chi connectivity index (χ0n) is 16.0. The number of thioether (sulfide) groups is 1. The highest BCUT2D eigenvalue weighted by molar-refractivity contribution is 7.99. The minimum Gasteiger partial charge on any atom is -0.447 e. The largest absolute Gasteiger partial charge is 0.447 e. The van der Waals surface area contributed by atoms with Crippen LogP contribution in [0.15, 0.2) is 52.4 Å². The summed E-state index contributed by atoms with van der Waals surface area (Å²) in [5.41, 5.74) is 3.10. The van der Waals surface area contributed by atoms with Gasteiger partial charge in [0.1, 0.15) is 6.61 Å². The number of fused-ring (bicyclic) bond motifs is 1. The summed E-state index contributed by atoms with van der Waals surface area (Å²) in [5, 5.41) is 0.910. The van der Waals surface area contributed by atoms with Gasteiger partial charge in [-0.2, -0.15) is 0 Å². The average molecular weight is 409 g/mol. The summed E-state index contributed by atoms with van der Waals surface area (Å²) in [6.45, 7) is 4.37. The van der Waals surface area contributed by atoms with Crippen molar-refractivity contribution >= 4 is 34.7 Å². The first-order valence-corrected chi connectivity index (χ1v) is 10.1. The van der Waals surface area contributed by atoms with E-state index in [0.29, 0.717) is 16.1 Å². The van der Waals surface area contributed by atoms with Gasteiger partial charge in [0.2, 0.25) is 5.91 Å². The second-order valence-corrected chi connectivity index (χ2v) is 7.73. The molecule has 8 heteroatoms. The number of amides is 2. The van der Waals surface area contributed by atoms with Crippen LogP contribution in [0.4, 0.5) is 4.79 Å². The molecule has 2 heterocycles. The zero-order chi connectivity index (χ0) is 20.5. The highest BCUT2D eigenvalue weighted by Crippen LogP contribution is 2.24. The topological polar surface area (TPSA) is 81.5 Å². The van der Waals surface area contributed by atoms with Crippen LogP contribution < -0.4 is 5.56 Å². The Balaban J connectivity index is 1.78.